The first-order chi connectivity index (χ1) is 14.6. The number of ether oxygens (including phenoxy) is 1. The van der Waals surface area contributed by atoms with E-state index in [1.807, 2.05) is 0 Å². The van der Waals surface area contributed by atoms with Gasteiger partial charge in [-0.15, -0.1) is 0 Å². The van der Waals surface area contributed by atoms with Crippen molar-refractivity contribution in [2.45, 2.75) is 19.0 Å². The molecule has 3 aromatic rings. The summed E-state index contributed by atoms with van der Waals surface area (Å²) in [4.78, 5) is 31.8. The molecule has 0 saturated heterocycles. The van der Waals surface area contributed by atoms with Crippen LogP contribution >= 0.6 is 11.6 Å². The molecule has 1 heterocycles. The Kier molecular flexibility index (Phi) is 6.65. The number of rotatable bonds is 7. The second-order valence-electron chi connectivity index (χ2n) is 6.44. The fraction of sp³-hybridized carbons (Fsp3) is 0.143. The summed E-state index contributed by atoms with van der Waals surface area (Å²) in [6.45, 7) is 0. The summed E-state index contributed by atoms with van der Waals surface area (Å²) in [5.41, 5.74) is -0.608. The van der Waals surface area contributed by atoms with Crippen LogP contribution in [0.2, 0.25) is 5.02 Å². The molecule has 1 aromatic heterocycles. The highest BCUT2D eigenvalue weighted by Crippen LogP contribution is 2.29. The molecule has 0 amide bonds. The van der Waals surface area contributed by atoms with Crippen LogP contribution in [0, 0.1) is 5.82 Å². The van der Waals surface area contributed by atoms with Gasteiger partial charge in [0.1, 0.15) is 5.78 Å². The van der Waals surface area contributed by atoms with Crippen LogP contribution in [-0.2, 0) is 17.4 Å². The Morgan fingerprint density at radius 1 is 1.00 bits per heavy atom. The minimum Gasteiger partial charge on any atom is -0.421 e. The molecular formula is C21H13ClF4N2O3. The first-order valence-corrected chi connectivity index (χ1v) is 9.15. The number of hydrogen-bond acceptors (Lipinski definition) is 5. The van der Waals surface area contributed by atoms with Gasteiger partial charge in [0.2, 0.25) is 0 Å². The molecule has 0 spiro atoms. The van der Waals surface area contributed by atoms with Crippen molar-refractivity contribution in [1.29, 1.82) is 0 Å². The number of Topliss-reactive ketones (excluding diaryl/α,β-unsaturated/α-hetero) is 2. The number of halogens is 5. The van der Waals surface area contributed by atoms with Crippen molar-refractivity contribution < 1.29 is 31.9 Å². The van der Waals surface area contributed by atoms with Crippen molar-refractivity contribution in [1.82, 2.24) is 9.97 Å². The third-order valence-electron chi connectivity index (χ3n) is 4.09. The van der Waals surface area contributed by atoms with E-state index in [1.165, 1.54) is 24.5 Å². The Morgan fingerprint density at radius 2 is 1.65 bits per heavy atom. The summed E-state index contributed by atoms with van der Waals surface area (Å²) >= 11 is 5.66. The van der Waals surface area contributed by atoms with Gasteiger partial charge >= 0.3 is 12.2 Å². The van der Waals surface area contributed by atoms with Gasteiger partial charge in [0, 0.05) is 12.0 Å². The molecule has 160 valence electrons. The van der Waals surface area contributed by atoms with Crippen molar-refractivity contribution in [3.05, 3.63) is 82.4 Å². The van der Waals surface area contributed by atoms with E-state index in [0.717, 1.165) is 30.3 Å². The molecule has 10 heteroatoms. The number of benzene rings is 2. The average molecular weight is 453 g/mol. The van der Waals surface area contributed by atoms with Crippen LogP contribution in [0.15, 0.2) is 54.9 Å². The third-order valence-corrected chi connectivity index (χ3v) is 4.28. The van der Waals surface area contributed by atoms with Gasteiger partial charge in [0.25, 0.3) is 0 Å². The molecule has 0 aliphatic rings. The van der Waals surface area contributed by atoms with E-state index in [0.29, 0.717) is 5.56 Å². The van der Waals surface area contributed by atoms with Crippen LogP contribution in [0.25, 0.3) is 0 Å². The number of ketones is 2. The van der Waals surface area contributed by atoms with E-state index in [9.17, 15) is 27.2 Å². The lowest BCUT2D eigenvalue weighted by atomic mass is 10.0. The molecule has 0 fully saturated rings. The highest BCUT2D eigenvalue weighted by atomic mass is 35.5. The Bertz CT molecular complexity index is 1100. The normalized spacial score (nSPS) is 11.3. The molecule has 31 heavy (non-hydrogen) atoms. The van der Waals surface area contributed by atoms with E-state index >= 15 is 0 Å². The summed E-state index contributed by atoms with van der Waals surface area (Å²) in [5, 5.41) is 0.285. The van der Waals surface area contributed by atoms with Gasteiger partial charge in [-0.3, -0.25) is 9.59 Å². The molecule has 0 bridgehead atoms. The van der Waals surface area contributed by atoms with Gasteiger partial charge in [0.15, 0.2) is 17.3 Å². The lowest BCUT2D eigenvalue weighted by Crippen LogP contribution is -2.11. The fourth-order valence-corrected chi connectivity index (χ4v) is 2.70. The number of carbonyl (C=O) groups excluding carboxylic acids is 2. The zero-order valence-electron chi connectivity index (χ0n) is 15.6. The highest BCUT2D eigenvalue weighted by molar-refractivity contribution is 6.30. The maximum Gasteiger partial charge on any atom is 0.416 e. The summed E-state index contributed by atoms with van der Waals surface area (Å²) in [6, 6.07) is 7.27. The second kappa shape index (κ2) is 9.22. The van der Waals surface area contributed by atoms with E-state index in [2.05, 4.69) is 9.97 Å². The summed E-state index contributed by atoms with van der Waals surface area (Å²) in [7, 11) is 0. The minimum absolute atomic E-state index is 0.0146. The van der Waals surface area contributed by atoms with Gasteiger partial charge in [-0.2, -0.15) is 13.2 Å². The molecule has 2 aromatic carbocycles. The molecule has 0 saturated carbocycles. The quantitative estimate of drug-likeness (QED) is 0.270. The molecule has 3 rings (SSSR count). The maximum absolute atomic E-state index is 14.3. The van der Waals surface area contributed by atoms with E-state index in [4.69, 9.17) is 16.3 Å². The number of alkyl halides is 3. The van der Waals surface area contributed by atoms with Gasteiger partial charge in [0.05, 0.1) is 29.4 Å². The second-order valence-corrected chi connectivity index (χ2v) is 6.88. The van der Waals surface area contributed by atoms with E-state index in [1.54, 1.807) is 0 Å². The predicted molar refractivity (Wildman–Crippen MR) is 103 cm³/mol. The molecular weight excluding hydrogens is 440 g/mol. The Morgan fingerprint density at radius 3 is 2.23 bits per heavy atom. The smallest absolute Gasteiger partial charge is 0.416 e. The SMILES string of the molecule is O=C(CC(=O)c1ccc(C(F)(F)F)cc1)Cc1ccc(Oc2ncc(Cl)cn2)c(F)c1. The van der Waals surface area contributed by atoms with Gasteiger partial charge in [-0.25, -0.2) is 14.4 Å². The zero-order valence-corrected chi connectivity index (χ0v) is 16.4. The molecule has 0 atom stereocenters. The van der Waals surface area contributed by atoms with Crippen LogP contribution in [0.1, 0.15) is 27.9 Å². The standard InChI is InChI=1S/C21H13ClF4N2O3/c22-15-10-27-20(28-11-15)31-19-6-1-12(8-17(19)23)7-16(29)9-18(30)13-2-4-14(5-3-13)21(24,25)26/h1-6,8,10-11H,7,9H2. The van der Waals surface area contributed by atoms with Crippen LogP contribution in [0.4, 0.5) is 17.6 Å². The first-order valence-electron chi connectivity index (χ1n) is 8.78. The summed E-state index contributed by atoms with van der Waals surface area (Å²) < 4.78 is 57.2. The summed E-state index contributed by atoms with van der Waals surface area (Å²) in [5.74, 6) is -2.07. The molecule has 0 aliphatic carbocycles. The Labute approximate surface area is 178 Å². The number of nitrogens with zero attached hydrogens (tertiary/aromatic N) is 2. The van der Waals surface area contributed by atoms with E-state index in [-0.39, 0.29) is 28.8 Å². The molecule has 0 unspecified atom stereocenters. The van der Waals surface area contributed by atoms with Crippen molar-refractivity contribution in [2.24, 2.45) is 0 Å². The lowest BCUT2D eigenvalue weighted by molar-refractivity contribution is -0.137. The van der Waals surface area contributed by atoms with Crippen LogP contribution < -0.4 is 4.74 Å². The van der Waals surface area contributed by atoms with E-state index < -0.39 is 35.5 Å². The van der Waals surface area contributed by atoms with Crippen LogP contribution in [-0.4, -0.2) is 21.5 Å². The van der Waals surface area contributed by atoms with Crippen LogP contribution in [0.3, 0.4) is 0 Å². The van der Waals surface area contributed by atoms with Crippen molar-refractivity contribution in [3.63, 3.8) is 0 Å². The molecule has 5 nitrogen and oxygen atoms in total. The Balaban J connectivity index is 1.60. The van der Waals surface area contributed by atoms with Crippen molar-refractivity contribution in [2.75, 3.05) is 0 Å². The number of carbonyl (C=O) groups is 2. The lowest BCUT2D eigenvalue weighted by Gasteiger charge is -2.08. The van der Waals surface area contributed by atoms with Crippen molar-refractivity contribution in [3.8, 4) is 11.8 Å². The number of aromatic nitrogens is 2. The monoisotopic (exact) mass is 452 g/mol. The molecule has 0 N–H and O–H groups in total. The molecule has 0 aliphatic heterocycles. The highest BCUT2D eigenvalue weighted by Gasteiger charge is 2.30. The maximum atomic E-state index is 14.3. The minimum atomic E-state index is -4.52. The first kappa shape index (κ1) is 22.4. The summed E-state index contributed by atoms with van der Waals surface area (Å²) in [6.07, 6.45) is -2.72. The fourth-order valence-electron chi connectivity index (χ4n) is 2.60. The topological polar surface area (TPSA) is 69.2 Å². The van der Waals surface area contributed by atoms with Gasteiger partial charge < -0.3 is 4.74 Å². The average Bonchev–Trinajstić information content (AvgIpc) is 2.71. The predicted octanol–water partition coefficient (Wildman–Crippen LogP) is 5.46. The zero-order chi connectivity index (χ0) is 22.6. The van der Waals surface area contributed by atoms with Crippen LogP contribution in [0.5, 0.6) is 11.8 Å². The number of hydrogen-bond donors (Lipinski definition) is 0. The van der Waals surface area contributed by atoms with Gasteiger partial charge in [-0.05, 0) is 29.8 Å². The third kappa shape index (κ3) is 6.08. The van der Waals surface area contributed by atoms with Gasteiger partial charge in [-0.1, -0.05) is 29.8 Å². The molecule has 0 radical (unpaired) electrons. The van der Waals surface area contributed by atoms with Crippen molar-refractivity contribution >= 4 is 23.2 Å². The largest absolute Gasteiger partial charge is 0.421 e. The Hall–Kier alpha value is -3.33.